The van der Waals surface area contributed by atoms with Gasteiger partial charge >= 0.3 is 5.97 Å². The molecule has 0 spiro atoms. The van der Waals surface area contributed by atoms with Gasteiger partial charge in [0.1, 0.15) is 0 Å². The number of hydrogen-bond acceptors (Lipinski definition) is 4. The number of carbonyl (C=O) groups excluding carboxylic acids is 1. The van der Waals surface area contributed by atoms with Gasteiger partial charge in [-0.3, -0.25) is 10.2 Å². The first kappa shape index (κ1) is 13.6. The molecule has 1 aromatic carbocycles. The van der Waals surface area contributed by atoms with E-state index in [0.29, 0.717) is 23.2 Å². The van der Waals surface area contributed by atoms with Crippen LogP contribution in [0.5, 0.6) is 0 Å². The van der Waals surface area contributed by atoms with Crippen LogP contribution in [0.4, 0.5) is 0 Å². The van der Waals surface area contributed by atoms with Crippen molar-refractivity contribution in [3.8, 4) is 0 Å². The standard InChI is InChI=1S/C12H14Cl2N2O2/c1-2-18-12(17)9-6-15-16-11(9)8-4-3-7(13)5-10(8)14/h3-5,9,11,15-16H,2,6H2,1H3. The fourth-order valence-corrected chi connectivity index (χ4v) is 2.54. The molecule has 2 rings (SSSR count). The van der Waals surface area contributed by atoms with Crippen molar-refractivity contribution in [1.82, 2.24) is 10.9 Å². The average molecular weight is 289 g/mol. The van der Waals surface area contributed by atoms with Crippen molar-refractivity contribution in [3.63, 3.8) is 0 Å². The van der Waals surface area contributed by atoms with Gasteiger partial charge in [0.25, 0.3) is 0 Å². The number of carbonyl (C=O) groups is 1. The fourth-order valence-electron chi connectivity index (χ4n) is 2.01. The van der Waals surface area contributed by atoms with E-state index in [1.807, 2.05) is 6.07 Å². The summed E-state index contributed by atoms with van der Waals surface area (Å²) in [7, 11) is 0. The van der Waals surface area contributed by atoms with Crippen molar-refractivity contribution in [2.75, 3.05) is 13.2 Å². The second-order valence-electron chi connectivity index (χ2n) is 4.03. The van der Waals surface area contributed by atoms with Crippen LogP contribution in [0.15, 0.2) is 18.2 Å². The molecule has 2 N–H and O–H groups in total. The molecule has 1 aliphatic heterocycles. The topological polar surface area (TPSA) is 50.4 Å². The molecule has 6 heteroatoms. The molecule has 2 atom stereocenters. The molecule has 0 saturated carbocycles. The summed E-state index contributed by atoms with van der Waals surface area (Å²) in [6.07, 6.45) is 0. The van der Waals surface area contributed by atoms with Crippen LogP contribution in [0, 0.1) is 5.92 Å². The van der Waals surface area contributed by atoms with Gasteiger partial charge in [-0.15, -0.1) is 0 Å². The molecule has 1 saturated heterocycles. The van der Waals surface area contributed by atoms with E-state index < -0.39 is 0 Å². The molecule has 0 amide bonds. The van der Waals surface area contributed by atoms with Gasteiger partial charge in [0.2, 0.25) is 0 Å². The minimum Gasteiger partial charge on any atom is -0.466 e. The number of ether oxygens (including phenoxy) is 1. The van der Waals surface area contributed by atoms with E-state index in [4.69, 9.17) is 27.9 Å². The Kier molecular flexibility index (Phi) is 4.45. The normalized spacial score (nSPS) is 23.1. The lowest BCUT2D eigenvalue weighted by molar-refractivity contribution is -0.147. The summed E-state index contributed by atoms with van der Waals surface area (Å²) in [6, 6.07) is 5.04. The first-order valence-electron chi connectivity index (χ1n) is 5.73. The molecular weight excluding hydrogens is 275 g/mol. The number of halogens is 2. The molecule has 4 nitrogen and oxygen atoms in total. The highest BCUT2D eigenvalue weighted by molar-refractivity contribution is 6.35. The van der Waals surface area contributed by atoms with Crippen LogP contribution < -0.4 is 10.9 Å². The Labute approximate surface area is 116 Å². The van der Waals surface area contributed by atoms with Crippen molar-refractivity contribution < 1.29 is 9.53 Å². The molecule has 0 aliphatic carbocycles. The Morgan fingerprint density at radius 3 is 2.94 bits per heavy atom. The quantitative estimate of drug-likeness (QED) is 0.838. The lowest BCUT2D eigenvalue weighted by atomic mass is 9.95. The summed E-state index contributed by atoms with van der Waals surface area (Å²) < 4.78 is 5.05. The minimum absolute atomic E-state index is 0.200. The molecule has 18 heavy (non-hydrogen) atoms. The van der Waals surface area contributed by atoms with Gasteiger partial charge in [-0.25, -0.2) is 5.43 Å². The van der Waals surface area contributed by atoms with Crippen LogP contribution in [0.3, 0.4) is 0 Å². The predicted octanol–water partition coefficient (Wildman–Crippen LogP) is 2.32. The number of hydrazine groups is 1. The summed E-state index contributed by atoms with van der Waals surface area (Å²) in [5.41, 5.74) is 6.84. The summed E-state index contributed by atoms with van der Waals surface area (Å²) in [6.45, 7) is 2.68. The van der Waals surface area contributed by atoms with Crippen molar-refractivity contribution >= 4 is 29.2 Å². The van der Waals surface area contributed by atoms with Gasteiger partial charge in [-0.2, -0.15) is 0 Å². The van der Waals surface area contributed by atoms with Gasteiger partial charge in [0, 0.05) is 16.6 Å². The Morgan fingerprint density at radius 2 is 2.28 bits per heavy atom. The monoisotopic (exact) mass is 288 g/mol. The molecule has 0 bridgehead atoms. The summed E-state index contributed by atoms with van der Waals surface area (Å²) in [5, 5.41) is 1.11. The maximum atomic E-state index is 11.8. The third-order valence-electron chi connectivity index (χ3n) is 2.87. The van der Waals surface area contributed by atoms with E-state index in [2.05, 4.69) is 10.9 Å². The zero-order valence-corrected chi connectivity index (χ0v) is 11.4. The second-order valence-corrected chi connectivity index (χ2v) is 4.87. The summed E-state index contributed by atoms with van der Waals surface area (Å²) in [5.74, 6) is -0.519. The van der Waals surface area contributed by atoms with Gasteiger partial charge in [-0.05, 0) is 24.6 Å². The third kappa shape index (κ3) is 2.78. The molecule has 1 aromatic rings. The van der Waals surface area contributed by atoms with Gasteiger partial charge in [0.05, 0.1) is 18.6 Å². The summed E-state index contributed by atoms with van der Waals surface area (Å²) >= 11 is 12.0. The maximum absolute atomic E-state index is 11.8. The van der Waals surface area contributed by atoms with Gasteiger partial charge < -0.3 is 4.74 Å². The molecule has 98 valence electrons. The van der Waals surface area contributed by atoms with E-state index in [-0.39, 0.29) is 17.9 Å². The Hall–Kier alpha value is -0.810. The predicted molar refractivity (Wildman–Crippen MR) is 70.5 cm³/mol. The van der Waals surface area contributed by atoms with E-state index >= 15 is 0 Å². The van der Waals surface area contributed by atoms with Crippen LogP contribution in [0.25, 0.3) is 0 Å². The number of hydrogen-bond donors (Lipinski definition) is 2. The number of rotatable bonds is 3. The van der Waals surface area contributed by atoms with E-state index in [1.54, 1.807) is 19.1 Å². The number of esters is 1. The Balaban J connectivity index is 2.23. The number of benzene rings is 1. The molecule has 1 fully saturated rings. The highest BCUT2D eigenvalue weighted by atomic mass is 35.5. The van der Waals surface area contributed by atoms with Crippen LogP contribution in [-0.4, -0.2) is 19.1 Å². The smallest absolute Gasteiger partial charge is 0.312 e. The fraction of sp³-hybridized carbons (Fsp3) is 0.417. The van der Waals surface area contributed by atoms with Crippen molar-refractivity contribution in [3.05, 3.63) is 33.8 Å². The lowest BCUT2D eigenvalue weighted by Gasteiger charge is -2.18. The van der Waals surface area contributed by atoms with Gasteiger partial charge in [-0.1, -0.05) is 29.3 Å². The summed E-state index contributed by atoms with van der Waals surface area (Å²) in [4.78, 5) is 11.8. The van der Waals surface area contributed by atoms with Crippen molar-refractivity contribution in [2.45, 2.75) is 13.0 Å². The zero-order valence-electron chi connectivity index (χ0n) is 9.87. The first-order chi connectivity index (χ1) is 8.63. The van der Waals surface area contributed by atoms with E-state index in [9.17, 15) is 4.79 Å². The molecule has 2 unspecified atom stereocenters. The van der Waals surface area contributed by atoms with Crippen molar-refractivity contribution in [2.24, 2.45) is 5.92 Å². The van der Waals surface area contributed by atoms with Crippen molar-refractivity contribution in [1.29, 1.82) is 0 Å². The molecule has 1 aliphatic rings. The maximum Gasteiger partial charge on any atom is 0.312 e. The van der Waals surface area contributed by atoms with Crippen LogP contribution >= 0.6 is 23.2 Å². The van der Waals surface area contributed by atoms with Gasteiger partial charge in [0.15, 0.2) is 0 Å². The Bertz CT molecular complexity index is 454. The highest BCUT2D eigenvalue weighted by Gasteiger charge is 2.36. The highest BCUT2D eigenvalue weighted by Crippen LogP contribution is 2.32. The minimum atomic E-state index is -0.288. The van der Waals surface area contributed by atoms with Crippen LogP contribution in [-0.2, 0) is 9.53 Å². The van der Waals surface area contributed by atoms with Crippen LogP contribution in [0.1, 0.15) is 18.5 Å². The first-order valence-corrected chi connectivity index (χ1v) is 6.49. The SMILES string of the molecule is CCOC(=O)C1CNNC1c1ccc(Cl)cc1Cl. The molecule has 0 aromatic heterocycles. The van der Waals surface area contributed by atoms with Crippen LogP contribution in [0.2, 0.25) is 10.0 Å². The second kappa shape index (κ2) is 5.89. The zero-order chi connectivity index (χ0) is 13.1. The lowest BCUT2D eigenvalue weighted by Crippen LogP contribution is -2.27. The van der Waals surface area contributed by atoms with E-state index in [1.165, 1.54) is 0 Å². The largest absolute Gasteiger partial charge is 0.466 e. The average Bonchev–Trinajstić information content (AvgIpc) is 2.78. The van der Waals surface area contributed by atoms with E-state index in [0.717, 1.165) is 5.56 Å². The molecule has 1 heterocycles. The Morgan fingerprint density at radius 1 is 1.50 bits per heavy atom. The number of nitrogens with one attached hydrogen (secondary N) is 2. The third-order valence-corrected chi connectivity index (χ3v) is 3.43. The molecule has 0 radical (unpaired) electrons. The molecular formula is C12H14Cl2N2O2.